The van der Waals surface area contributed by atoms with E-state index in [0.29, 0.717) is 13.5 Å². The predicted octanol–water partition coefficient (Wildman–Crippen LogP) is 0.331. The molecule has 0 aliphatic carbocycles. The molecule has 0 saturated carbocycles. The summed E-state index contributed by atoms with van der Waals surface area (Å²) in [5.41, 5.74) is 0. The first-order chi connectivity index (χ1) is 4.35. The van der Waals surface area contributed by atoms with E-state index >= 15 is 0 Å². The largest absolute Gasteiger partial charge is 0.349 e. The SMILES string of the molecule is CC[C@@H](CI)NBC=O. The Morgan fingerprint density at radius 3 is 2.89 bits per heavy atom. The third-order valence-electron chi connectivity index (χ3n) is 1.17. The Kier molecular flexibility index (Phi) is 6.85. The minimum atomic E-state index is 0.488. The van der Waals surface area contributed by atoms with Crippen molar-refractivity contribution < 1.29 is 4.79 Å². The number of hydrogen-bond acceptors (Lipinski definition) is 2. The van der Waals surface area contributed by atoms with Crippen LogP contribution >= 0.6 is 22.6 Å². The fourth-order valence-corrected chi connectivity index (χ4v) is 1.46. The monoisotopic (exact) mass is 239 g/mol. The van der Waals surface area contributed by atoms with Gasteiger partial charge in [0.05, 0.1) is 6.19 Å². The van der Waals surface area contributed by atoms with Gasteiger partial charge < -0.3 is 10.0 Å². The van der Waals surface area contributed by atoms with Gasteiger partial charge in [0.25, 0.3) is 7.41 Å². The Morgan fingerprint density at radius 2 is 2.56 bits per heavy atom. The summed E-state index contributed by atoms with van der Waals surface area (Å²) in [5.74, 6) is 0. The van der Waals surface area contributed by atoms with Crippen molar-refractivity contribution in [2.75, 3.05) is 4.43 Å². The lowest BCUT2D eigenvalue weighted by Crippen LogP contribution is -2.33. The molecule has 0 bridgehead atoms. The Labute approximate surface area is 70.2 Å². The van der Waals surface area contributed by atoms with Crippen molar-refractivity contribution in [2.45, 2.75) is 19.4 Å². The van der Waals surface area contributed by atoms with Crippen LogP contribution in [0.5, 0.6) is 0 Å². The van der Waals surface area contributed by atoms with Crippen LogP contribution in [0.15, 0.2) is 0 Å². The van der Waals surface area contributed by atoms with E-state index in [9.17, 15) is 4.79 Å². The van der Waals surface area contributed by atoms with E-state index in [1.165, 1.54) is 0 Å². The summed E-state index contributed by atoms with van der Waals surface area (Å²) in [4.78, 5) is 9.88. The van der Waals surface area contributed by atoms with E-state index in [2.05, 4.69) is 34.7 Å². The van der Waals surface area contributed by atoms with Crippen molar-refractivity contribution in [2.24, 2.45) is 0 Å². The van der Waals surface area contributed by atoms with E-state index in [1.807, 2.05) is 0 Å². The Hall–Kier alpha value is 0.425. The molecule has 52 valence electrons. The highest BCUT2D eigenvalue weighted by Gasteiger charge is 2.00. The Bertz CT molecular complexity index is 77.4. The molecule has 4 heteroatoms. The lowest BCUT2D eigenvalue weighted by molar-refractivity contribution is 0.566. The molecular weight excluding hydrogens is 228 g/mol. The molecule has 0 fully saturated rings. The zero-order chi connectivity index (χ0) is 7.11. The van der Waals surface area contributed by atoms with Crippen LogP contribution in [0.2, 0.25) is 0 Å². The Morgan fingerprint density at radius 1 is 1.89 bits per heavy atom. The zero-order valence-electron chi connectivity index (χ0n) is 5.56. The molecule has 0 spiro atoms. The highest BCUT2D eigenvalue weighted by atomic mass is 127. The molecule has 2 nitrogen and oxygen atoms in total. The van der Waals surface area contributed by atoms with E-state index < -0.39 is 0 Å². The van der Waals surface area contributed by atoms with Crippen LogP contribution in [-0.2, 0) is 4.79 Å². The molecule has 9 heavy (non-hydrogen) atoms. The van der Waals surface area contributed by atoms with Gasteiger partial charge in [-0.15, -0.1) is 0 Å². The van der Waals surface area contributed by atoms with E-state index in [-0.39, 0.29) is 0 Å². The molecule has 1 atom stereocenters. The third kappa shape index (κ3) is 4.90. The van der Waals surface area contributed by atoms with E-state index in [4.69, 9.17) is 0 Å². The molecule has 0 aromatic carbocycles. The average Bonchev–Trinajstić information content (AvgIpc) is 1.91. The maximum Gasteiger partial charge on any atom is 0.278 e. The standard InChI is InChI=1S/C5H11BINO/c1-2-5(3-7)8-6-4-9/h4-6,8H,2-3H2,1H3/t5-/m0/s1. The lowest BCUT2D eigenvalue weighted by atomic mass is 9.96. The maximum absolute atomic E-state index is 9.88. The molecule has 0 aliphatic rings. The zero-order valence-corrected chi connectivity index (χ0v) is 7.72. The van der Waals surface area contributed by atoms with Crippen LogP contribution in [0.3, 0.4) is 0 Å². The second-order valence-corrected chi connectivity index (χ2v) is 2.72. The summed E-state index contributed by atoms with van der Waals surface area (Å²) in [7, 11) is 0.488. The van der Waals surface area contributed by atoms with Crippen molar-refractivity contribution in [3.05, 3.63) is 0 Å². The van der Waals surface area contributed by atoms with Crippen molar-refractivity contribution in [1.29, 1.82) is 0 Å². The van der Waals surface area contributed by atoms with Crippen molar-refractivity contribution >= 4 is 36.2 Å². The Balaban J connectivity index is 3.19. The second-order valence-electron chi connectivity index (χ2n) is 1.83. The number of alkyl halides is 1. The van der Waals surface area contributed by atoms with Crippen LogP contribution in [0.4, 0.5) is 0 Å². The molecule has 1 N–H and O–H groups in total. The molecule has 0 unspecified atom stereocenters. The number of rotatable bonds is 5. The summed E-state index contributed by atoms with van der Waals surface area (Å²) >= 11 is 2.31. The number of nitrogens with one attached hydrogen (secondary N) is 1. The summed E-state index contributed by atoms with van der Waals surface area (Å²) in [5, 5.41) is 3.09. The fourth-order valence-electron chi connectivity index (χ4n) is 0.523. The van der Waals surface area contributed by atoms with Crippen LogP contribution in [0, 0.1) is 0 Å². The fraction of sp³-hybridized carbons (Fsp3) is 0.800. The second kappa shape index (κ2) is 6.54. The summed E-state index contributed by atoms with van der Waals surface area (Å²) in [6.07, 6.45) is 1.99. The number of hydrogen-bond donors (Lipinski definition) is 1. The van der Waals surface area contributed by atoms with E-state index in [0.717, 1.165) is 17.0 Å². The molecule has 0 amide bonds. The van der Waals surface area contributed by atoms with Crippen LogP contribution in [0.25, 0.3) is 0 Å². The van der Waals surface area contributed by atoms with Gasteiger partial charge in [-0.05, 0) is 6.42 Å². The lowest BCUT2D eigenvalue weighted by Gasteiger charge is -2.09. The predicted molar refractivity (Wildman–Crippen MR) is 50.0 cm³/mol. The minimum absolute atomic E-state index is 0.488. The first kappa shape index (κ1) is 9.42. The number of carbonyl (C=O) groups excluding carboxylic acids is 1. The summed E-state index contributed by atoms with van der Waals surface area (Å²) < 4.78 is 1.07. The minimum Gasteiger partial charge on any atom is -0.349 e. The van der Waals surface area contributed by atoms with Gasteiger partial charge in [0, 0.05) is 10.5 Å². The maximum atomic E-state index is 9.88. The number of halogens is 1. The highest BCUT2D eigenvalue weighted by Crippen LogP contribution is 1.94. The quantitative estimate of drug-likeness (QED) is 0.324. The van der Waals surface area contributed by atoms with Gasteiger partial charge in [0.1, 0.15) is 0 Å². The first-order valence-electron chi connectivity index (χ1n) is 3.08. The molecular formula is C5H11BINO. The molecule has 0 aliphatic heterocycles. The number of carbonyl (C=O) groups is 1. The van der Waals surface area contributed by atoms with Crippen molar-refractivity contribution in [3.63, 3.8) is 0 Å². The molecule has 0 rings (SSSR count). The summed E-state index contributed by atoms with van der Waals surface area (Å²) in [6.45, 7) is 2.11. The van der Waals surface area contributed by atoms with Gasteiger partial charge in [0.15, 0.2) is 0 Å². The molecule has 0 aromatic heterocycles. The van der Waals surface area contributed by atoms with Crippen LogP contribution in [-0.4, -0.2) is 24.1 Å². The van der Waals surface area contributed by atoms with Crippen LogP contribution in [0.1, 0.15) is 13.3 Å². The van der Waals surface area contributed by atoms with Crippen molar-refractivity contribution in [1.82, 2.24) is 5.23 Å². The summed E-state index contributed by atoms with van der Waals surface area (Å²) in [6, 6.07) is 0.510. The third-order valence-corrected chi connectivity index (χ3v) is 2.23. The average molecular weight is 239 g/mol. The van der Waals surface area contributed by atoms with Gasteiger partial charge in [-0.3, -0.25) is 0 Å². The smallest absolute Gasteiger partial charge is 0.278 e. The topological polar surface area (TPSA) is 29.1 Å². The van der Waals surface area contributed by atoms with Crippen LogP contribution < -0.4 is 5.23 Å². The molecule has 0 heterocycles. The van der Waals surface area contributed by atoms with Crippen molar-refractivity contribution in [3.8, 4) is 0 Å². The highest BCUT2D eigenvalue weighted by molar-refractivity contribution is 14.1. The normalized spacial score (nSPS) is 12.7. The van der Waals surface area contributed by atoms with Gasteiger partial charge >= 0.3 is 0 Å². The first-order valence-corrected chi connectivity index (χ1v) is 4.60. The van der Waals surface area contributed by atoms with E-state index in [1.54, 1.807) is 0 Å². The van der Waals surface area contributed by atoms with Gasteiger partial charge in [0.2, 0.25) is 0 Å². The molecule has 0 aromatic rings. The molecule has 0 radical (unpaired) electrons. The van der Waals surface area contributed by atoms with Gasteiger partial charge in [-0.1, -0.05) is 29.5 Å². The van der Waals surface area contributed by atoms with Gasteiger partial charge in [-0.25, -0.2) is 0 Å². The van der Waals surface area contributed by atoms with Gasteiger partial charge in [-0.2, -0.15) is 0 Å². The molecule has 0 saturated heterocycles.